The van der Waals surface area contributed by atoms with Crippen LogP contribution in [0, 0.1) is 13.8 Å². The van der Waals surface area contributed by atoms with Crippen molar-refractivity contribution in [2.24, 2.45) is 0 Å². The van der Waals surface area contributed by atoms with Crippen molar-refractivity contribution in [2.75, 3.05) is 11.1 Å². The monoisotopic (exact) mass is 469 g/mol. The van der Waals surface area contributed by atoms with E-state index in [1.165, 1.54) is 22.5 Å². The van der Waals surface area contributed by atoms with E-state index in [2.05, 4.69) is 56.3 Å². The number of aryl methyl sites for hydroxylation is 1. The van der Waals surface area contributed by atoms with Gasteiger partial charge in [-0.25, -0.2) is 4.68 Å². The fourth-order valence-electron chi connectivity index (χ4n) is 3.77. The normalized spacial score (nSPS) is 11.1. The Bertz CT molecular complexity index is 1470. The third kappa shape index (κ3) is 4.55. The number of anilines is 1. The van der Waals surface area contributed by atoms with Crippen molar-refractivity contribution < 1.29 is 4.79 Å². The zero-order chi connectivity index (χ0) is 23.5. The lowest BCUT2D eigenvalue weighted by Crippen LogP contribution is -2.18. The summed E-state index contributed by atoms with van der Waals surface area (Å²) in [5.41, 5.74) is 4.27. The van der Waals surface area contributed by atoms with E-state index in [9.17, 15) is 4.79 Å². The van der Waals surface area contributed by atoms with Gasteiger partial charge in [-0.15, -0.1) is 5.10 Å². The highest BCUT2D eigenvalue weighted by molar-refractivity contribution is 7.99. The van der Waals surface area contributed by atoms with Gasteiger partial charge in [0.05, 0.1) is 24.2 Å². The average Bonchev–Trinajstić information content (AvgIpc) is 3.49. The van der Waals surface area contributed by atoms with Crippen LogP contribution in [0.5, 0.6) is 0 Å². The molecule has 1 amide bonds. The zero-order valence-electron chi connectivity index (χ0n) is 18.8. The number of rotatable bonds is 7. The van der Waals surface area contributed by atoms with E-state index in [0.717, 1.165) is 22.4 Å². The summed E-state index contributed by atoms with van der Waals surface area (Å²) in [6, 6.07) is 22.3. The smallest absolute Gasteiger partial charge is 0.235 e. The van der Waals surface area contributed by atoms with Gasteiger partial charge in [-0.05, 0) is 63.9 Å². The van der Waals surface area contributed by atoms with Crippen LogP contribution in [0.1, 0.15) is 16.7 Å². The standard InChI is InChI=1S/C25H23N7OS/c1-17-6-5-9-22(18(17)2)32-25(28-29-30-32)34-16-24(33)27-23-12-13-26-31(23)15-19-10-11-20-7-3-4-8-21(20)14-19/h3-14H,15-16H2,1-2H3,(H,27,33). The first-order valence-electron chi connectivity index (χ1n) is 10.9. The number of fused-ring (bicyclic) bond motifs is 1. The van der Waals surface area contributed by atoms with Crippen LogP contribution in [0.15, 0.2) is 78.1 Å². The molecule has 2 aromatic heterocycles. The van der Waals surface area contributed by atoms with E-state index in [4.69, 9.17) is 0 Å². The lowest BCUT2D eigenvalue weighted by atomic mass is 10.1. The van der Waals surface area contributed by atoms with Crippen LogP contribution < -0.4 is 5.32 Å². The maximum atomic E-state index is 12.7. The van der Waals surface area contributed by atoms with E-state index in [1.54, 1.807) is 21.6 Å². The molecular formula is C25H23N7OS. The summed E-state index contributed by atoms with van der Waals surface area (Å²) in [4.78, 5) is 12.7. The van der Waals surface area contributed by atoms with Gasteiger partial charge in [-0.3, -0.25) is 4.79 Å². The molecule has 2 heterocycles. The van der Waals surface area contributed by atoms with Gasteiger partial charge in [-0.1, -0.05) is 60.3 Å². The largest absolute Gasteiger partial charge is 0.310 e. The molecule has 34 heavy (non-hydrogen) atoms. The molecule has 170 valence electrons. The molecule has 0 fully saturated rings. The number of nitrogens with one attached hydrogen (secondary N) is 1. The first-order chi connectivity index (χ1) is 16.6. The number of hydrogen-bond donors (Lipinski definition) is 1. The molecule has 0 bridgehead atoms. The molecular weight excluding hydrogens is 446 g/mol. The Morgan fingerprint density at radius 2 is 1.85 bits per heavy atom. The number of carbonyl (C=O) groups is 1. The Morgan fingerprint density at radius 3 is 2.74 bits per heavy atom. The Morgan fingerprint density at radius 1 is 1.00 bits per heavy atom. The van der Waals surface area contributed by atoms with E-state index in [0.29, 0.717) is 17.5 Å². The van der Waals surface area contributed by atoms with Crippen LogP contribution in [0.3, 0.4) is 0 Å². The number of hydrogen-bond acceptors (Lipinski definition) is 6. The number of carbonyl (C=O) groups excluding carboxylic acids is 1. The molecule has 8 nitrogen and oxygen atoms in total. The number of tetrazole rings is 1. The molecule has 0 unspecified atom stereocenters. The lowest BCUT2D eigenvalue weighted by molar-refractivity contribution is -0.113. The number of thioether (sulfide) groups is 1. The van der Waals surface area contributed by atoms with Crippen LogP contribution in [0.4, 0.5) is 5.82 Å². The molecule has 0 atom stereocenters. The fraction of sp³-hybridized carbons (Fsp3) is 0.160. The molecule has 3 aromatic carbocycles. The quantitative estimate of drug-likeness (QED) is 0.355. The first-order valence-corrected chi connectivity index (χ1v) is 11.8. The van der Waals surface area contributed by atoms with Gasteiger partial charge in [0.2, 0.25) is 11.1 Å². The number of nitrogens with zero attached hydrogens (tertiary/aromatic N) is 6. The Kier molecular flexibility index (Phi) is 6.09. The van der Waals surface area contributed by atoms with Crippen molar-refractivity contribution in [3.63, 3.8) is 0 Å². The molecule has 0 saturated heterocycles. The van der Waals surface area contributed by atoms with Crippen molar-refractivity contribution in [2.45, 2.75) is 25.5 Å². The molecule has 0 aliphatic heterocycles. The lowest BCUT2D eigenvalue weighted by Gasteiger charge is -2.11. The summed E-state index contributed by atoms with van der Waals surface area (Å²) in [7, 11) is 0. The fourth-order valence-corrected chi connectivity index (χ4v) is 4.45. The van der Waals surface area contributed by atoms with Crippen molar-refractivity contribution >= 4 is 34.3 Å². The van der Waals surface area contributed by atoms with Gasteiger partial charge < -0.3 is 5.32 Å². The summed E-state index contributed by atoms with van der Waals surface area (Å²) >= 11 is 1.29. The molecule has 0 radical (unpaired) electrons. The second kappa shape index (κ2) is 9.48. The third-order valence-electron chi connectivity index (χ3n) is 5.71. The molecule has 0 spiro atoms. The van der Waals surface area contributed by atoms with Gasteiger partial charge in [0.1, 0.15) is 5.82 Å². The van der Waals surface area contributed by atoms with Crippen LogP contribution in [0.25, 0.3) is 16.5 Å². The minimum atomic E-state index is -0.152. The molecule has 0 saturated carbocycles. The predicted octanol–water partition coefficient (Wildman–Crippen LogP) is 4.41. The van der Waals surface area contributed by atoms with E-state index in [-0.39, 0.29) is 11.7 Å². The second-order valence-electron chi connectivity index (χ2n) is 7.98. The van der Waals surface area contributed by atoms with Crippen molar-refractivity contribution in [3.05, 3.63) is 89.6 Å². The van der Waals surface area contributed by atoms with Gasteiger partial charge in [-0.2, -0.15) is 9.78 Å². The Balaban J connectivity index is 1.25. The maximum absolute atomic E-state index is 12.7. The minimum absolute atomic E-state index is 0.152. The highest BCUT2D eigenvalue weighted by Gasteiger charge is 2.15. The molecule has 1 N–H and O–H groups in total. The zero-order valence-corrected chi connectivity index (χ0v) is 19.7. The highest BCUT2D eigenvalue weighted by atomic mass is 32.2. The van der Waals surface area contributed by atoms with Gasteiger partial charge in [0.15, 0.2) is 0 Å². The molecule has 5 rings (SSSR count). The van der Waals surface area contributed by atoms with Crippen LogP contribution in [-0.2, 0) is 11.3 Å². The van der Waals surface area contributed by atoms with Crippen molar-refractivity contribution in [1.29, 1.82) is 0 Å². The van der Waals surface area contributed by atoms with E-state index < -0.39 is 0 Å². The highest BCUT2D eigenvalue weighted by Crippen LogP contribution is 2.23. The van der Waals surface area contributed by atoms with E-state index >= 15 is 0 Å². The van der Waals surface area contributed by atoms with Crippen molar-refractivity contribution in [1.82, 2.24) is 30.0 Å². The van der Waals surface area contributed by atoms with Gasteiger partial charge in [0, 0.05) is 6.07 Å². The van der Waals surface area contributed by atoms with Gasteiger partial charge >= 0.3 is 0 Å². The second-order valence-corrected chi connectivity index (χ2v) is 8.93. The summed E-state index contributed by atoms with van der Waals surface area (Å²) in [6.45, 7) is 4.64. The minimum Gasteiger partial charge on any atom is -0.310 e. The summed E-state index contributed by atoms with van der Waals surface area (Å²) < 4.78 is 3.46. The van der Waals surface area contributed by atoms with E-state index in [1.807, 2.05) is 44.2 Å². The molecule has 0 aliphatic carbocycles. The average molecular weight is 470 g/mol. The summed E-state index contributed by atoms with van der Waals surface area (Å²) in [5.74, 6) is 0.667. The Hall–Kier alpha value is -3.98. The van der Waals surface area contributed by atoms with Crippen molar-refractivity contribution in [3.8, 4) is 5.69 Å². The van der Waals surface area contributed by atoms with Crippen LogP contribution in [-0.4, -0.2) is 41.6 Å². The molecule has 0 aliphatic rings. The predicted molar refractivity (Wildman–Crippen MR) is 133 cm³/mol. The first kappa shape index (κ1) is 21.8. The molecule has 9 heteroatoms. The maximum Gasteiger partial charge on any atom is 0.235 e. The van der Waals surface area contributed by atoms with Crippen LogP contribution >= 0.6 is 11.8 Å². The number of aromatic nitrogens is 6. The summed E-state index contributed by atoms with van der Waals surface area (Å²) in [5, 5.41) is 22.3. The summed E-state index contributed by atoms with van der Waals surface area (Å²) in [6.07, 6.45) is 1.69. The number of benzene rings is 3. The Labute approximate surface area is 201 Å². The topological polar surface area (TPSA) is 90.5 Å². The number of amides is 1. The van der Waals surface area contributed by atoms with Crippen LogP contribution in [0.2, 0.25) is 0 Å². The SMILES string of the molecule is Cc1cccc(-n2nnnc2SCC(=O)Nc2ccnn2Cc2ccc3ccccc3c2)c1C. The third-order valence-corrected chi connectivity index (χ3v) is 6.63. The van der Waals surface area contributed by atoms with Gasteiger partial charge in [0.25, 0.3) is 0 Å². The molecule has 5 aromatic rings.